The minimum absolute atomic E-state index is 0.511. The maximum atomic E-state index is 6.04. The highest BCUT2D eigenvalue weighted by atomic mass is 79.9. The monoisotopic (exact) mass is 341 g/mol. The number of ether oxygens (including phenoxy) is 3. The normalized spacial score (nSPS) is 10.4. The number of hydrogen-bond donors (Lipinski definition) is 1. The molecule has 1 heterocycles. The molecule has 7 heteroatoms. The van der Waals surface area contributed by atoms with Crippen LogP contribution >= 0.6 is 15.9 Å². The molecule has 1 aromatic carbocycles. The largest absolute Gasteiger partial charge is 0.493 e. The summed E-state index contributed by atoms with van der Waals surface area (Å²) in [5, 5.41) is 4.15. The quantitative estimate of drug-likeness (QED) is 0.924. The van der Waals surface area contributed by atoms with Crippen LogP contribution in [0.2, 0.25) is 0 Å². The second kappa shape index (κ2) is 5.62. The molecule has 0 spiro atoms. The summed E-state index contributed by atoms with van der Waals surface area (Å²) in [6, 6.07) is 1.81. The van der Waals surface area contributed by atoms with E-state index in [1.165, 1.54) is 0 Å². The lowest BCUT2D eigenvalue weighted by Gasteiger charge is -2.17. The zero-order chi connectivity index (χ0) is 14.9. The predicted molar refractivity (Wildman–Crippen MR) is 80.4 cm³/mol. The molecule has 108 valence electrons. The van der Waals surface area contributed by atoms with Gasteiger partial charge in [-0.1, -0.05) is 0 Å². The number of aromatic nitrogens is 2. The third kappa shape index (κ3) is 2.18. The van der Waals surface area contributed by atoms with Crippen molar-refractivity contribution in [1.82, 2.24) is 9.78 Å². The fourth-order valence-corrected chi connectivity index (χ4v) is 2.62. The van der Waals surface area contributed by atoms with Crippen LogP contribution in [0.4, 0.5) is 5.82 Å². The van der Waals surface area contributed by atoms with Gasteiger partial charge in [0.15, 0.2) is 11.5 Å². The molecule has 0 saturated heterocycles. The van der Waals surface area contributed by atoms with Crippen molar-refractivity contribution >= 4 is 21.7 Å². The third-order valence-electron chi connectivity index (χ3n) is 3.04. The van der Waals surface area contributed by atoms with E-state index in [4.69, 9.17) is 19.9 Å². The van der Waals surface area contributed by atoms with Crippen LogP contribution in [0.15, 0.2) is 16.7 Å². The van der Waals surface area contributed by atoms with Gasteiger partial charge in [0.05, 0.1) is 27.5 Å². The molecule has 0 atom stereocenters. The molecule has 0 aliphatic carbocycles. The minimum atomic E-state index is 0.511. The average molecular weight is 342 g/mol. The van der Waals surface area contributed by atoms with Crippen molar-refractivity contribution in [3.63, 3.8) is 0 Å². The molecular weight excluding hydrogens is 326 g/mol. The summed E-state index contributed by atoms with van der Waals surface area (Å²) < 4.78 is 18.5. The predicted octanol–water partition coefficient (Wildman–Crippen LogP) is 2.46. The SMILES string of the molecule is COc1cc(Br)c(-c2cnn(C)c2N)c(OC)c1OC. The van der Waals surface area contributed by atoms with E-state index in [-0.39, 0.29) is 0 Å². The van der Waals surface area contributed by atoms with E-state index in [9.17, 15) is 0 Å². The molecular formula is C13H16BrN3O3. The summed E-state index contributed by atoms with van der Waals surface area (Å²) in [7, 11) is 6.48. The molecule has 0 aliphatic heterocycles. The lowest BCUT2D eigenvalue weighted by atomic mass is 10.1. The van der Waals surface area contributed by atoms with E-state index in [2.05, 4.69) is 21.0 Å². The third-order valence-corrected chi connectivity index (χ3v) is 3.66. The summed E-state index contributed by atoms with van der Waals surface area (Å²) in [6.07, 6.45) is 1.68. The topological polar surface area (TPSA) is 71.5 Å². The number of nitrogen functional groups attached to an aromatic ring is 1. The summed E-state index contributed by atoms with van der Waals surface area (Å²) in [4.78, 5) is 0. The zero-order valence-electron chi connectivity index (χ0n) is 11.7. The number of nitrogens with two attached hydrogens (primary N) is 1. The van der Waals surface area contributed by atoms with E-state index in [1.807, 2.05) is 6.07 Å². The van der Waals surface area contributed by atoms with Gasteiger partial charge in [-0.25, -0.2) is 0 Å². The van der Waals surface area contributed by atoms with Crippen molar-refractivity contribution in [3.8, 4) is 28.4 Å². The molecule has 0 aliphatic rings. The number of nitrogens with zero attached hydrogens (tertiary/aromatic N) is 2. The summed E-state index contributed by atoms with van der Waals surface area (Å²) in [5.41, 5.74) is 7.58. The van der Waals surface area contributed by atoms with E-state index >= 15 is 0 Å². The molecule has 0 amide bonds. The summed E-state index contributed by atoms with van der Waals surface area (Å²) in [6.45, 7) is 0. The molecule has 2 N–H and O–H groups in total. The molecule has 0 fully saturated rings. The Kier molecular flexibility index (Phi) is 4.08. The first-order valence-electron chi connectivity index (χ1n) is 5.81. The molecule has 1 aromatic heterocycles. The first-order valence-corrected chi connectivity index (χ1v) is 6.60. The van der Waals surface area contributed by atoms with Crippen molar-refractivity contribution in [2.75, 3.05) is 27.1 Å². The Morgan fingerprint density at radius 1 is 1.15 bits per heavy atom. The maximum Gasteiger partial charge on any atom is 0.204 e. The number of anilines is 1. The lowest BCUT2D eigenvalue weighted by molar-refractivity contribution is 0.325. The fraction of sp³-hybridized carbons (Fsp3) is 0.308. The van der Waals surface area contributed by atoms with Crippen LogP contribution in [-0.4, -0.2) is 31.1 Å². The van der Waals surface area contributed by atoms with Gasteiger partial charge in [0.2, 0.25) is 5.75 Å². The molecule has 6 nitrogen and oxygen atoms in total. The Balaban J connectivity index is 2.79. The second-order valence-corrected chi connectivity index (χ2v) is 4.92. The van der Waals surface area contributed by atoms with E-state index in [0.29, 0.717) is 23.1 Å². The van der Waals surface area contributed by atoms with Gasteiger partial charge in [-0.05, 0) is 22.0 Å². The van der Waals surface area contributed by atoms with Gasteiger partial charge in [-0.2, -0.15) is 5.10 Å². The molecule has 0 unspecified atom stereocenters. The van der Waals surface area contributed by atoms with Crippen molar-refractivity contribution in [1.29, 1.82) is 0 Å². The van der Waals surface area contributed by atoms with Crippen LogP contribution in [0, 0.1) is 0 Å². The Morgan fingerprint density at radius 3 is 2.25 bits per heavy atom. The minimum Gasteiger partial charge on any atom is -0.493 e. The fourth-order valence-electron chi connectivity index (χ4n) is 2.02. The van der Waals surface area contributed by atoms with Crippen molar-refractivity contribution < 1.29 is 14.2 Å². The Hall–Kier alpha value is -1.89. The van der Waals surface area contributed by atoms with Crippen LogP contribution in [0.1, 0.15) is 0 Å². The second-order valence-electron chi connectivity index (χ2n) is 4.07. The molecule has 0 bridgehead atoms. The van der Waals surface area contributed by atoms with Crippen molar-refractivity contribution in [2.24, 2.45) is 7.05 Å². The first kappa shape index (κ1) is 14.5. The molecule has 20 heavy (non-hydrogen) atoms. The highest BCUT2D eigenvalue weighted by Gasteiger charge is 2.23. The molecule has 2 rings (SSSR count). The summed E-state index contributed by atoms with van der Waals surface area (Å²) >= 11 is 3.51. The van der Waals surface area contributed by atoms with Gasteiger partial charge in [-0.3, -0.25) is 4.68 Å². The van der Waals surface area contributed by atoms with Gasteiger partial charge >= 0.3 is 0 Å². The van der Waals surface area contributed by atoms with E-state index < -0.39 is 0 Å². The number of methoxy groups -OCH3 is 3. The average Bonchev–Trinajstić information content (AvgIpc) is 2.77. The van der Waals surface area contributed by atoms with Gasteiger partial charge in [-0.15, -0.1) is 0 Å². The lowest BCUT2D eigenvalue weighted by Crippen LogP contribution is -2.01. The van der Waals surface area contributed by atoms with Crippen LogP contribution in [-0.2, 0) is 7.05 Å². The van der Waals surface area contributed by atoms with Crippen LogP contribution < -0.4 is 19.9 Å². The summed E-state index contributed by atoms with van der Waals surface area (Å²) in [5.74, 6) is 2.16. The Morgan fingerprint density at radius 2 is 1.80 bits per heavy atom. The van der Waals surface area contributed by atoms with Gasteiger partial charge < -0.3 is 19.9 Å². The number of aryl methyl sites for hydroxylation is 1. The highest BCUT2D eigenvalue weighted by Crippen LogP contribution is 2.49. The Bertz CT molecular complexity index is 640. The highest BCUT2D eigenvalue weighted by molar-refractivity contribution is 9.10. The maximum absolute atomic E-state index is 6.04. The zero-order valence-corrected chi connectivity index (χ0v) is 13.3. The smallest absolute Gasteiger partial charge is 0.204 e. The Labute approximate surface area is 125 Å². The van der Waals surface area contributed by atoms with Crippen molar-refractivity contribution in [3.05, 3.63) is 16.7 Å². The van der Waals surface area contributed by atoms with Gasteiger partial charge in [0.25, 0.3) is 0 Å². The standard InChI is InChI=1S/C13H16BrN3O3/c1-17-13(15)7(6-16-17)10-8(14)5-9(18-2)11(19-3)12(10)20-4/h5-6H,15H2,1-4H3. The number of halogens is 1. The van der Waals surface area contributed by atoms with Crippen molar-refractivity contribution in [2.45, 2.75) is 0 Å². The van der Waals surface area contributed by atoms with Crippen LogP contribution in [0.5, 0.6) is 17.2 Å². The number of benzene rings is 1. The van der Waals surface area contributed by atoms with E-state index in [0.717, 1.165) is 15.6 Å². The van der Waals surface area contributed by atoms with Crippen LogP contribution in [0.3, 0.4) is 0 Å². The number of hydrogen-bond acceptors (Lipinski definition) is 5. The number of rotatable bonds is 4. The van der Waals surface area contributed by atoms with Gasteiger partial charge in [0.1, 0.15) is 5.82 Å². The van der Waals surface area contributed by atoms with Gasteiger partial charge in [0, 0.05) is 22.6 Å². The molecule has 0 saturated carbocycles. The molecule has 2 aromatic rings. The van der Waals surface area contributed by atoms with Crippen LogP contribution in [0.25, 0.3) is 11.1 Å². The molecule has 0 radical (unpaired) electrons. The van der Waals surface area contributed by atoms with E-state index in [1.54, 1.807) is 39.3 Å². The first-order chi connectivity index (χ1) is 9.54.